The summed E-state index contributed by atoms with van der Waals surface area (Å²) in [6, 6.07) is 4.81. The summed E-state index contributed by atoms with van der Waals surface area (Å²) in [7, 11) is 0. The number of halogens is 2. The van der Waals surface area contributed by atoms with E-state index >= 15 is 0 Å². The smallest absolute Gasteiger partial charge is 0.126 e. The van der Waals surface area contributed by atoms with E-state index in [4.69, 9.17) is 17.4 Å². The van der Waals surface area contributed by atoms with Crippen molar-refractivity contribution in [2.45, 2.75) is 38.6 Å². The van der Waals surface area contributed by atoms with E-state index in [1.807, 2.05) is 0 Å². The maximum Gasteiger partial charge on any atom is 0.126 e. The van der Waals surface area contributed by atoms with Gasteiger partial charge < -0.3 is 0 Å². The van der Waals surface area contributed by atoms with Crippen molar-refractivity contribution in [2.75, 3.05) is 0 Å². The van der Waals surface area contributed by atoms with Crippen molar-refractivity contribution in [1.29, 1.82) is 0 Å². The summed E-state index contributed by atoms with van der Waals surface area (Å²) in [4.78, 5) is 0. The molecule has 1 aromatic carbocycles. The highest BCUT2D eigenvalue weighted by molar-refractivity contribution is 6.30. The molecular formula is C14H20ClFN2. The molecule has 1 saturated carbocycles. The molecule has 2 nitrogen and oxygen atoms in total. The average molecular weight is 271 g/mol. The summed E-state index contributed by atoms with van der Waals surface area (Å²) in [5.41, 5.74) is 3.50. The normalized spacial score (nSPS) is 25.3. The van der Waals surface area contributed by atoms with Gasteiger partial charge in [0.2, 0.25) is 0 Å². The van der Waals surface area contributed by atoms with Crippen LogP contribution in [0.15, 0.2) is 18.2 Å². The molecule has 0 amide bonds. The van der Waals surface area contributed by atoms with Gasteiger partial charge in [-0.1, -0.05) is 31.4 Å². The highest BCUT2D eigenvalue weighted by atomic mass is 35.5. The number of hydrazine groups is 1. The zero-order chi connectivity index (χ0) is 13.1. The fraction of sp³-hybridized carbons (Fsp3) is 0.571. The average Bonchev–Trinajstić information content (AvgIpc) is 2.77. The zero-order valence-electron chi connectivity index (χ0n) is 10.6. The van der Waals surface area contributed by atoms with Crippen molar-refractivity contribution >= 4 is 11.6 Å². The summed E-state index contributed by atoms with van der Waals surface area (Å²) < 4.78 is 13.7. The molecule has 100 valence electrons. The predicted octanol–water partition coefficient (Wildman–Crippen LogP) is 3.29. The van der Waals surface area contributed by atoms with E-state index in [-0.39, 0.29) is 11.9 Å². The molecule has 3 unspecified atom stereocenters. The highest BCUT2D eigenvalue weighted by Gasteiger charge is 2.30. The lowest BCUT2D eigenvalue weighted by molar-refractivity contribution is 0.295. The van der Waals surface area contributed by atoms with Gasteiger partial charge in [0.25, 0.3) is 0 Å². The maximum atomic E-state index is 13.7. The molecule has 1 fully saturated rings. The van der Waals surface area contributed by atoms with E-state index in [2.05, 4.69) is 12.3 Å². The Bertz CT molecular complexity index is 411. The number of rotatable bonds is 4. The third-order valence-electron chi connectivity index (χ3n) is 4.11. The number of nitrogens with two attached hydrogens (primary N) is 1. The molecule has 2 rings (SSSR count). The van der Waals surface area contributed by atoms with Gasteiger partial charge in [-0.15, -0.1) is 0 Å². The molecule has 3 N–H and O–H groups in total. The van der Waals surface area contributed by atoms with Crippen molar-refractivity contribution in [3.63, 3.8) is 0 Å². The standard InChI is InChI=1S/C14H20ClFN2/c1-9-3-2-4-12(9)14(18-17)8-10-7-11(15)5-6-13(10)16/h5-7,9,12,14,18H,2-4,8,17H2,1H3. The molecule has 1 aromatic rings. The van der Waals surface area contributed by atoms with Crippen LogP contribution in [0, 0.1) is 17.7 Å². The van der Waals surface area contributed by atoms with Crippen molar-refractivity contribution in [1.82, 2.24) is 5.43 Å². The van der Waals surface area contributed by atoms with Gasteiger partial charge in [-0.3, -0.25) is 11.3 Å². The van der Waals surface area contributed by atoms with Gasteiger partial charge in [-0.25, -0.2) is 4.39 Å². The Balaban J connectivity index is 2.12. The minimum atomic E-state index is -0.203. The van der Waals surface area contributed by atoms with E-state index in [9.17, 15) is 4.39 Å². The minimum Gasteiger partial charge on any atom is -0.271 e. The monoisotopic (exact) mass is 270 g/mol. The molecule has 0 spiro atoms. The van der Waals surface area contributed by atoms with Gasteiger partial charge in [0.1, 0.15) is 5.82 Å². The second-order valence-electron chi connectivity index (χ2n) is 5.29. The predicted molar refractivity (Wildman–Crippen MR) is 72.7 cm³/mol. The zero-order valence-corrected chi connectivity index (χ0v) is 11.4. The maximum absolute atomic E-state index is 13.7. The quantitative estimate of drug-likeness (QED) is 0.651. The molecule has 0 radical (unpaired) electrons. The van der Waals surface area contributed by atoms with Crippen LogP contribution in [0.25, 0.3) is 0 Å². The van der Waals surface area contributed by atoms with E-state index in [0.717, 1.165) is 6.42 Å². The largest absolute Gasteiger partial charge is 0.271 e. The fourth-order valence-electron chi connectivity index (χ4n) is 3.04. The first-order chi connectivity index (χ1) is 8.61. The first kappa shape index (κ1) is 13.8. The molecular weight excluding hydrogens is 251 g/mol. The van der Waals surface area contributed by atoms with Crippen LogP contribution in [0.1, 0.15) is 31.7 Å². The molecule has 1 aliphatic rings. The van der Waals surface area contributed by atoms with E-state index in [1.165, 1.54) is 18.9 Å². The second kappa shape index (κ2) is 6.00. The lowest BCUT2D eigenvalue weighted by atomic mass is 9.87. The molecule has 18 heavy (non-hydrogen) atoms. The lowest BCUT2D eigenvalue weighted by Crippen LogP contribution is -2.43. The molecule has 0 bridgehead atoms. The third-order valence-corrected chi connectivity index (χ3v) is 4.34. The Hall–Kier alpha value is -0.640. The molecule has 0 heterocycles. The molecule has 0 aromatic heterocycles. The molecule has 0 saturated heterocycles. The Morgan fingerprint density at radius 2 is 2.28 bits per heavy atom. The lowest BCUT2D eigenvalue weighted by Gasteiger charge is -2.26. The van der Waals surface area contributed by atoms with Gasteiger partial charge in [0.05, 0.1) is 0 Å². The number of hydrogen-bond donors (Lipinski definition) is 2. The Labute approximate surface area is 113 Å². The summed E-state index contributed by atoms with van der Waals surface area (Å²) >= 11 is 5.91. The van der Waals surface area contributed by atoms with Crippen LogP contribution in [0.2, 0.25) is 5.02 Å². The van der Waals surface area contributed by atoms with Crippen LogP contribution in [0.3, 0.4) is 0 Å². The van der Waals surface area contributed by atoms with Gasteiger partial charge in [-0.2, -0.15) is 0 Å². The Morgan fingerprint density at radius 1 is 1.50 bits per heavy atom. The first-order valence-corrected chi connectivity index (χ1v) is 6.89. The molecule has 4 heteroatoms. The van der Waals surface area contributed by atoms with Crippen LogP contribution in [0.4, 0.5) is 4.39 Å². The van der Waals surface area contributed by atoms with Crippen molar-refractivity contribution in [3.8, 4) is 0 Å². The minimum absolute atomic E-state index is 0.121. The number of hydrogen-bond acceptors (Lipinski definition) is 2. The fourth-order valence-corrected chi connectivity index (χ4v) is 3.24. The van der Waals surface area contributed by atoms with Crippen LogP contribution in [-0.2, 0) is 6.42 Å². The Morgan fingerprint density at radius 3 is 2.89 bits per heavy atom. The van der Waals surface area contributed by atoms with E-state index in [1.54, 1.807) is 12.1 Å². The highest BCUT2D eigenvalue weighted by Crippen LogP contribution is 2.34. The molecule has 3 atom stereocenters. The van der Waals surface area contributed by atoms with Crippen molar-refractivity contribution in [2.24, 2.45) is 17.7 Å². The summed E-state index contributed by atoms with van der Waals surface area (Å²) in [6.07, 6.45) is 4.24. The number of nitrogens with one attached hydrogen (secondary N) is 1. The molecule has 1 aliphatic carbocycles. The van der Waals surface area contributed by atoms with Gasteiger partial charge in [0, 0.05) is 11.1 Å². The summed E-state index contributed by atoms with van der Waals surface area (Å²) in [5, 5.41) is 0.571. The summed E-state index contributed by atoms with van der Waals surface area (Å²) in [6.45, 7) is 2.25. The van der Waals surface area contributed by atoms with Crippen LogP contribution in [-0.4, -0.2) is 6.04 Å². The van der Waals surface area contributed by atoms with Crippen LogP contribution >= 0.6 is 11.6 Å². The van der Waals surface area contributed by atoms with E-state index < -0.39 is 0 Å². The second-order valence-corrected chi connectivity index (χ2v) is 5.72. The van der Waals surface area contributed by atoms with Crippen molar-refractivity contribution in [3.05, 3.63) is 34.6 Å². The summed E-state index contributed by atoms with van der Waals surface area (Å²) in [5.74, 6) is 6.61. The number of benzene rings is 1. The Kier molecular flexibility index (Phi) is 4.60. The third kappa shape index (κ3) is 3.02. The molecule has 0 aliphatic heterocycles. The SMILES string of the molecule is CC1CCCC1C(Cc1cc(Cl)ccc1F)NN. The van der Waals surface area contributed by atoms with Crippen molar-refractivity contribution < 1.29 is 4.39 Å². The van der Waals surface area contributed by atoms with Crippen LogP contribution < -0.4 is 11.3 Å². The van der Waals surface area contributed by atoms with Gasteiger partial charge in [-0.05, 0) is 48.4 Å². The topological polar surface area (TPSA) is 38.0 Å². The van der Waals surface area contributed by atoms with E-state index in [0.29, 0.717) is 28.8 Å². The first-order valence-electron chi connectivity index (χ1n) is 6.52. The van der Waals surface area contributed by atoms with Gasteiger partial charge in [0.15, 0.2) is 0 Å². The van der Waals surface area contributed by atoms with Crippen LogP contribution in [0.5, 0.6) is 0 Å². The van der Waals surface area contributed by atoms with Gasteiger partial charge >= 0.3 is 0 Å².